The minimum atomic E-state index is -1.86. The number of halogens is 3. The number of thiazole rings is 1. The Balaban J connectivity index is 2.97. The maximum atomic E-state index is 13.7. The number of ketones is 2. The van der Waals surface area contributed by atoms with Gasteiger partial charge in [0.05, 0.1) is 28.1 Å². The van der Waals surface area contributed by atoms with Crippen molar-refractivity contribution in [3.05, 3.63) is 33.3 Å². The van der Waals surface area contributed by atoms with E-state index in [4.69, 9.17) is 49.0 Å². The SMILES string of the molecule is C/C(=C/C[C@H](O)/C(C)=C/c1csc(C)n1)CCC[C@H](C)[C@H](OC(=O)OCC(Cl)(Cl)Cl)[C@@H](C)C(=O)C(C)(C)C(=O)CC(=O)OC(C)(C)C. The van der Waals surface area contributed by atoms with Crippen molar-refractivity contribution in [2.75, 3.05) is 6.61 Å². The van der Waals surface area contributed by atoms with Crippen LogP contribution in [0.1, 0.15) is 105 Å². The Labute approximate surface area is 298 Å². The number of Topliss-reactive ketones (excluding diaryl/α,β-unsaturated/α-hetero) is 2. The molecule has 1 rings (SSSR count). The second-order valence-electron chi connectivity index (χ2n) is 13.6. The first kappa shape index (κ1) is 43.0. The van der Waals surface area contributed by atoms with E-state index in [1.54, 1.807) is 39.0 Å². The highest BCUT2D eigenvalue weighted by atomic mass is 35.6. The lowest BCUT2D eigenvalue weighted by atomic mass is 9.73. The number of carbonyl (C=O) groups is 4. The van der Waals surface area contributed by atoms with Crippen molar-refractivity contribution in [1.29, 1.82) is 0 Å². The second kappa shape index (κ2) is 18.7. The van der Waals surface area contributed by atoms with Crippen LogP contribution >= 0.6 is 46.1 Å². The average Bonchev–Trinajstić information content (AvgIpc) is 3.34. The first-order valence-corrected chi connectivity index (χ1v) is 17.6. The number of alkyl halides is 3. The van der Waals surface area contributed by atoms with Crippen LogP contribution < -0.4 is 0 Å². The van der Waals surface area contributed by atoms with Gasteiger partial charge in [-0.2, -0.15) is 0 Å². The Kier molecular flexibility index (Phi) is 17.1. The van der Waals surface area contributed by atoms with E-state index >= 15 is 0 Å². The second-order valence-corrected chi connectivity index (χ2v) is 17.1. The molecule has 0 bridgehead atoms. The van der Waals surface area contributed by atoms with Crippen molar-refractivity contribution in [1.82, 2.24) is 4.98 Å². The number of hydrogen-bond donors (Lipinski definition) is 1. The molecule has 0 radical (unpaired) electrons. The molecule has 1 heterocycles. The minimum Gasteiger partial charge on any atom is -0.460 e. The van der Waals surface area contributed by atoms with Gasteiger partial charge in [0.25, 0.3) is 0 Å². The number of aliphatic hydroxyl groups is 1. The van der Waals surface area contributed by atoms with E-state index in [0.717, 1.165) is 21.8 Å². The summed E-state index contributed by atoms with van der Waals surface area (Å²) in [6.45, 7) is 16.6. The molecule has 0 aliphatic rings. The minimum absolute atomic E-state index is 0.337. The molecule has 4 atom stereocenters. The van der Waals surface area contributed by atoms with Crippen LogP contribution in [0.5, 0.6) is 0 Å². The number of carbonyl (C=O) groups excluding carboxylic acids is 4. The van der Waals surface area contributed by atoms with Crippen molar-refractivity contribution in [3.8, 4) is 0 Å². The third kappa shape index (κ3) is 16.3. The van der Waals surface area contributed by atoms with Crippen molar-refractivity contribution < 1.29 is 38.5 Å². The number of esters is 1. The number of ether oxygens (including phenoxy) is 3. The number of aliphatic hydroxyl groups excluding tert-OH is 1. The van der Waals surface area contributed by atoms with Crippen LogP contribution in [0.15, 0.2) is 22.6 Å². The summed E-state index contributed by atoms with van der Waals surface area (Å²) < 4.78 is 14.0. The van der Waals surface area contributed by atoms with Crippen molar-refractivity contribution in [3.63, 3.8) is 0 Å². The zero-order valence-corrected chi connectivity index (χ0v) is 32.2. The Bertz CT molecular complexity index is 1290. The van der Waals surface area contributed by atoms with E-state index < -0.39 is 69.7 Å². The zero-order valence-electron chi connectivity index (χ0n) is 29.1. The van der Waals surface area contributed by atoms with Crippen LogP contribution in [0.2, 0.25) is 0 Å². The Morgan fingerprint density at radius 1 is 1.06 bits per heavy atom. The van der Waals surface area contributed by atoms with E-state index in [0.29, 0.717) is 25.7 Å². The number of nitrogens with zero attached hydrogens (tertiary/aromatic N) is 1. The molecule has 0 aliphatic carbocycles. The van der Waals surface area contributed by atoms with Gasteiger partial charge in [-0.05, 0) is 98.6 Å². The van der Waals surface area contributed by atoms with Gasteiger partial charge in [0.1, 0.15) is 24.7 Å². The van der Waals surface area contributed by atoms with Gasteiger partial charge in [0, 0.05) is 5.38 Å². The highest BCUT2D eigenvalue weighted by Crippen LogP contribution is 2.32. The van der Waals surface area contributed by atoms with E-state index in [-0.39, 0.29) is 5.92 Å². The first-order chi connectivity index (χ1) is 21.4. The number of aromatic nitrogens is 1. The highest BCUT2D eigenvalue weighted by molar-refractivity contribution is 7.09. The summed E-state index contributed by atoms with van der Waals surface area (Å²) in [5, 5.41) is 13.5. The topological polar surface area (TPSA) is 129 Å². The molecule has 0 aromatic carbocycles. The van der Waals surface area contributed by atoms with Crippen LogP contribution in [0.3, 0.4) is 0 Å². The summed E-state index contributed by atoms with van der Waals surface area (Å²) in [7, 11) is 0. The molecule has 9 nitrogen and oxygen atoms in total. The average molecular weight is 739 g/mol. The van der Waals surface area contributed by atoms with Gasteiger partial charge < -0.3 is 19.3 Å². The number of rotatable bonds is 17. The van der Waals surface area contributed by atoms with Gasteiger partial charge >= 0.3 is 12.1 Å². The summed E-state index contributed by atoms with van der Waals surface area (Å²) in [4.78, 5) is 56.1. The Morgan fingerprint density at radius 3 is 2.21 bits per heavy atom. The molecule has 1 aromatic heterocycles. The molecule has 1 aromatic rings. The van der Waals surface area contributed by atoms with Gasteiger partial charge in [-0.1, -0.05) is 60.3 Å². The van der Waals surface area contributed by atoms with Crippen LogP contribution in [-0.2, 0) is 28.6 Å². The zero-order chi connectivity index (χ0) is 36.3. The lowest BCUT2D eigenvalue weighted by Crippen LogP contribution is -2.45. The Hall–Kier alpha value is -1.98. The number of hydrogen-bond acceptors (Lipinski definition) is 10. The standard InChI is InChI=1S/C34H50Cl3NO8S/c1-20(14-15-26(39)22(3)16-25-18-47-24(5)38-25)12-11-13-21(2)29(45-31(43)44-19-34(35,36)37)23(4)30(42)33(9,10)27(40)17-28(41)46-32(6,7)8/h14,16,18,21,23,26,29,39H,11-13,15,17,19H2,1-10H3/b20-14-,22-16+/t21-,23+,26-,29-/m0/s1. The van der Waals surface area contributed by atoms with Crippen LogP contribution in [0.4, 0.5) is 4.79 Å². The van der Waals surface area contributed by atoms with E-state index in [2.05, 4.69) is 4.98 Å². The van der Waals surface area contributed by atoms with Gasteiger partial charge in [0.2, 0.25) is 3.79 Å². The lowest BCUT2D eigenvalue weighted by molar-refractivity contribution is -0.158. The summed E-state index contributed by atoms with van der Waals surface area (Å²) in [5.41, 5.74) is 0.372. The summed E-state index contributed by atoms with van der Waals surface area (Å²) in [6.07, 6.45) is 2.96. The molecule has 1 N–H and O–H groups in total. The van der Waals surface area contributed by atoms with E-state index in [1.165, 1.54) is 13.8 Å². The number of allylic oxidation sites excluding steroid dienone is 1. The predicted molar refractivity (Wildman–Crippen MR) is 188 cm³/mol. The normalized spacial score (nSPS) is 15.8. The molecule has 0 amide bonds. The number of aryl methyl sites for hydroxylation is 1. The molecule has 0 fully saturated rings. The van der Waals surface area contributed by atoms with Crippen molar-refractivity contribution in [2.24, 2.45) is 17.3 Å². The summed E-state index contributed by atoms with van der Waals surface area (Å²) in [6, 6.07) is 0. The van der Waals surface area contributed by atoms with Crippen LogP contribution in [-0.4, -0.2) is 62.0 Å². The van der Waals surface area contributed by atoms with Crippen molar-refractivity contribution >= 4 is 75.9 Å². The van der Waals surface area contributed by atoms with E-state index in [1.807, 2.05) is 45.2 Å². The molecule has 266 valence electrons. The molecule has 13 heteroatoms. The van der Waals surface area contributed by atoms with Crippen molar-refractivity contribution in [2.45, 2.75) is 123 Å². The fourth-order valence-corrected chi connectivity index (χ4v) is 5.56. The summed E-state index contributed by atoms with van der Waals surface area (Å²) >= 11 is 18.7. The Morgan fingerprint density at radius 2 is 1.68 bits per heavy atom. The fourth-order valence-electron chi connectivity index (χ4n) is 4.83. The largest absolute Gasteiger partial charge is 0.508 e. The smallest absolute Gasteiger partial charge is 0.460 e. The molecule has 0 unspecified atom stereocenters. The first-order valence-electron chi connectivity index (χ1n) is 15.6. The molecule has 0 aliphatic heterocycles. The molecule has 0 spiro atoms. The third-order valence-corrected chi connectivity index (χ3v) is 8.67. The summed E-state index contributed by atoms with van der Waals surface area (Å²) in [5.74, 6) is -3.12. The quantitative estimate of drug-likeness (QED) is 0.0722. The molecular formula is C34H50Cl3NO8S. The molecule has 0 saturated heterocycles. The monoisotopic (exact) mass is 737 g/mol. The molecule has 0 saturated carbocycles. The fraction of sp³-hybridized carbons (Fsp3) is 0.676. The highest BCUT2D eigenvalue weighted by Gasteiger charge is 2.44. The van der Waals surface area contributed by atoms with Gasteiger partial charge in [-0.25, -0.2) is 9.78 Å². The lowest BCUT2D eigenvalue weighted by Gasteiger charge is -2.33. The molecule has 47 heavy (non-hydrogen) atoms. The third-order valence-electron chi connectivity index (χ3n) is 7.55. The van der Waals surface area contributed by atoms with Gasteiger partial charge in [-0.3, -0.25) is 14.4 Å². The van der Waals surface area contributed by atoms with Gasteiger partial charge in [-0.15, -0.1) is 11.3 Å². The maximum absolute atomic E-state index is 13.7. The van der Waals surface area contributed by atoms with E-state index in [9.17, 15) is 24.3 Å². The predicted octanol–water partition coefficient (Wildman–Crippen LogP) is 8.78. The maximum Gasteiger partial charge on any atom is 0.508 e. The van der Waals surface area contributed by atoms with Crippen LogP contribution in [0.25, 0.3) is 6.08 Å². The van der Waals surface area contributed by atoms with Crippen LogP contribution in [0, 0.1) is 24.2 Å². The molecular weight excluding hydrogens is 689 g/mol. The van der Waals surface area contributed by atoms with Gasteiger partial charge in [0.15, 0.2) is 11.6 Å².